The summed E-state index contributed by atoms with van der Waals surface area (Å²) in [5.74, 6) is 0.120. The summed E-state index contributed by atoms with van der Waals surface area (Å²) in [6.07, 6.45) is 0.683. The molecule has 0 fully saturated rings. The van der Waals surface area contributed by atoms with E-state index in [0.717, 1.165) is 5.69 Å². The molecule has 0 spiro atoms. The van der Waals surface area contributed by atoms with Crippen LogP contribution in [0.2, 0.25) is 0 Å². The Morgan fingerprint density at radius 3 is 2.68 bits per heavy atom. The molecule has 0 heterocycles. The van der Waals surface area contributed by atoms with E-state index in [9.17, 15) is 4.79 Å². The zero-order valence-electron chi connectivity index (χ0n) is 11.8. The van der Waals surface area contributed by atoms with Gasteiger partial charge in [0.1, 0.15) is 0 Å². The molecular formula is C14H23N3O2. The van der Waals surface area contributed by atoms with E-state index in [4.69, 9.17) is 10.8 Å². The molecule has 5 nitrogen and oxygen atoms in total. The highest BCUT2D eigenvalue weighted by Gasteiger charge is 2.10. The van der Waals surface area contributed by atoms with Crippen LogP contribution < -0.4 is 16.0 Å². The Morgan fingerprint density at radius 1 is 1.47 bits per heavy atom. The van der Waals surface area contributed by atoms with Gasteiger partial charge in [0.05, 0.1) is 11.4 Å². The Hall–Kier alpha value is -1.75. The van der Waals surface area contributed by atoms with Crippen LogP contribution >= 0.6 is 0 Å². The van der Waals surface area contributed by atoms with Crippen molar-refractivity contribution in [3.8, 4) is 0 Å². The molecule has 0 aliphatic heterocycles. The van der Waals surface area contributed by atoms with Crippen LogP contribution in [0.4, 0.5) is 11.4 Å². The second-order valence-corrected chi connectivity index (χ2v) is 5.00. The number of carbonyl (C=O) groups is 1. The molecule has 0 aliphatic carbocycles. The number of nitrogens with zero attached hydrogens (tertiary/aromatic N) is 1. The average molecular weight is 265 g/mol. The molecule has 1 unspecified atom stereocenters. The van der Waals surface area contributed by atoms with Gasteiger partial charge in [-0.15, -0.1) is 0 Å². The maximum Gasteiger partial charge on any atom is 0.251 e. The van der Waals surface area contributed by atoms with Gasteiger partial charge in [-0.1, -0.05) is 6.92 Å². The molecule has 0 saturated carbocycles. The lowest BCUT2D eigenvalue weighted by atomic mass is 10.1. The van der Waals surface area contributed by atoms with Crippen molar-refractivity contribution in [2.75, 3.05) is 37.9 Å². The Kier molecular flexibility index (Phi) is 5.63. The van der Waals surface area contributed by atoms with Crippen molar-refractivity contribution in [2.24, 2.45) is 5.92 Å². The van der Waals surface area contributed by atoms with E-state index >= 15 is 0 Å². The first-order chi connectivity index (χ1) is 8.95. The number of carbonyl (C=O) groups excluding carboxylic acids is 1. The van der Waals surface area contributed by atoms with Crippen molar-refractivity contribution < 1.29 is 9.90 Å². The summed E-state index contributed by atoms with van der Waals surface area (Å²) in [7, 11) is 3.81. The molecule has 1 atom stereocenters. The molecule has 0 aromatic heterocycles. The van der Waals surface area contributed by atoms with Crippen LogP contribution in [0, 0.1) is 5.92 Å². The number of nitrogens with two attached hydrogens (primary N) is 1. The van der Waals surface area contributed by atoms with Crippen molar-refractivity contribution >= 4 is 17.3 Å². The minimum absolute atomic E-state index is 0.137. The van der Waals surface area contributed by atoms with E-state index in [2.05, 4.69) is 5.32 Å². The summed E-state index contributed by atoms with van der Waals surface area (Å²) in [4.78, 5) is 13.8. The minimum atomic E-state index is -0.137. The second-order valence-electron chi connectivity index (χ2n) is 5.00. The number of nitrogen functional groups attached to an aromatic ring is 1. The van der Waals surface area contributed by atoms with E-state index in [1.54, 1.807) is 12.1 Å². The number of hydrogen-bond donors (Lipinski definition) is 3. The zero-order valence-corrected chi connectivity index (χ0v) is 11.8. The fourth-order valence-corrected chi connectivity index (χ4v) is 1.79. The summed E-state index contributed by atoms with van der Waals surface area (Å²) in [5.41, 5.74) is 7.94. The van der Waals surface area contributed by atoms with Gasteiger partial charge < -0.3 is 21.1 Å². The highest BCUT2D eigenvalue weighted by molar-refractivity contribution is 5.96. The van der Waals surface area contributed by atoms with Gasteiger partial charge in [-0.3, -0.25) is 4.79 Å². The number of nitrogens with one attached hydrogen (secondary N) is 1. The molecule has 0 saturated heterocycles. The fourth-order valence-electron chi connectivity index (χ4n) is 1.79. The SMILES string of the molecule is CC(CCO)CNC(=O)c1ccc(N(C)C)c(N)c1. The number of anilines is 2. The monoisotopic (exact) mass is 265 g/mol. The smallest absolute Gasteiger partial charge is 0.251 e. The summed E-state index contributed by atoms with van der Waals surface area (Å²) < 4.78 is 0. The van der Waals surface area contributed by atoms with Crippen LogP contribution in [0.5, 0.6) is 0 Å². The summed E-state index contributed by atoms with van der Waals surface area (Å²) >= 11 is 0. The van der Waals surface area contributed by atoms with Gasteiger partial charge in [-0.05, 0) is 30.5 Å². The Bertz CT molecular complexity index is 433. The Labute approximate surface area is 114 Å². The molecule has 19 heavy (non-hydrogen) atoms. The van der Waals surface area contributed by atoms with Crippen LogP contribution in [0.15, 0.2) is 18.2 Å². The standard InChI is InChI=1S/C14H23N3O2/c1-10(6-7-18)9-16-14(19)11-4-5-13(17(2)3)12(15)8-11/h4-5,8,10,18H,6-7,9,15H2,1-3H3,(H,16,19). The summed E-state index contributed by atoms with van der Waals surface area (Å²) in [6, 6.07) is 5.28. The van der Waals surface area contributed by atoms with Gasteiger partial charge in [-0.2, -0.15) is 0 Å². The van der Waals surface area contributed by atoms with Gasteiger partial charge in [0.15, 0.2) is 0 Å². The quantitative estimate of drug-likeness (QED) is 0.673. The third-order valence-corrected chi connectivity index (χ3v) is 3.00. The largest absolute Gasteiger partial charge is 0.397 e. The van der Waals surface area contributed by atoms with Gasteiger partial charge in [0, 0.05) is 32.8 Å². The lowest BCUT2D eigenvalue weighted by molar-refractivity contribution is 0.0945. The molecule has 106 valence electrons. The first-order valence-electron chi connectivity index (χ1n) is 6.41. The van der Waals surface area contributed by atoms with E-state index in [1.165, 1.54) is 0 Å². The number of aliphatic hydroxyl groups is 1. The molecule has 5 heteroatoms. The summed E-state index contributed by atoms with van der Waals surface area (Å²) in [5, 5.41) is 11.6. The van der Waals surface area contributed by atoms with Crippen molar-refractivity contribution in [2.45, 2.75) is 13.3 Å². The summed E-state index contributed by atoms with van der Waals surface area (Å²) in [6.45, 7) is 2.68. The Balaban J connectivity index is 2.65. The first-order valence-corrected chi connectivity index (χ1v) is 6.41. The number of amides is 1. The maximum atomic E-state index is 11.9. The number of rotatable bonds is 6. The molecule has 0 radical (unpaired) electrons. The first kappa shape index (κ1) is 15.3. The number of aliphatic hydroxyl groups excluding tert-OH is 1. The molecule has 4 N–H and O–H groups in total. The van der Waals surface area contributed by atoms with E-state index < -0.39 is 0 Å². The lowest BCUT2D eigenvalue weighted by Crippen LogP contribution is -2.28. The molecule has 1 aromatic carbocycles. The van der Waals surface area contributed by atoms with E-state index in [-0.39, 0.29) is 18.4 Å². The van der Waals surface area contributed by atoms with Gasteiger partial charge in [0.25, 0.3) is 5.91 Å². The molecule has 1 rings (SSSR count). The molecule has 0 aliphatic rings. The third kappa shape index (κ3) is 4.44. The third-order valence-electron chi connectivity index (χ3n) is 3.00. The zero-order chi connectivity index (χ0) is 14.4. The lowest BCUT2D eigenvalue weighted by Gasteiger charge is -2.16. The maximum absolute atomic E-state index is 11.9. The van der Waals surface area contributed by atoms with Crippen LogP contribution in [-0.4, -0.2) is 38.3 Å². The Morgan fingerprint density at radius 2 is 2.16 bits per heavy atom. The molecule has 1 amide bonds. The van der Waals surface area contributed by atoms with Crippen molar-refractivity contribution in [1.29, 1.82) is 0 Å². The van der Waals surface area contributed by atoms with Crippen molar-refractivity contribution in [1.82, 2.24) is 5.32 Å². The normalized spacial score (nSPS) is 12.0. The fraction of sp³-hybridized carbons (Fsp3) is 0.500. The molecular weight excluding hydrogens is 242 g/mol. The predicted octanol–water partition coefficient (Wildman–Crippen LogP) is 1.08. The predicted molar refractivity (Wildman–Crippen MR) is 78.4 cm³/mol. The second kappa shape index (κ2) is 6.99. The minimum Gasteiger partial charge on any atom is -0.397 e. The van der Waals surface area contributed by atoms with Crippen LogP contribution in [0.1, 0.15) is 23.7 Å². The topological polar surface area (TPSA) is 78.6 Å². The van der Waals surface area contributed by atoms with Crippen molar-refractivity contribution in [3.63, 3.8) is 0 Å². The average Bonchev–Trinajstić information content (AvgIpc) is 2.35. The molecule has 1 aromatic rings. The highest BCUT2D eigenvalue weighted by Crippen LogP contribution is 2.22. The number of hydrogen-bond acceptors (Lipinski definition) is 4. The molecule has 0 bridgehead atoms. The van der Waals surface area contributed by atoms with Gasteiger partial charge in [0.2, 0.25) is 0 Å². The van der Waals surface area contributed by atoms with Crippen LogP contribution in [-0.2, 0) is 0 Å². The van der Waals surface area contributed by atoms with Gasteiger partial charge >= 0.3 is 0 Å². The van der Waals surface area contributed by atoms with Crippen LogP contribution in [0.25, 0.3) is 0 Å². The van der Waals surface area contributed by atoms with E-state index in [1.807, 2.05) is 32.0 Å². The highest BCUT2D eigenvalue weighted by atomic mass is 16.3. The van der Waals surface area contributed by atoms with Crippen molar-refractivity contribution in [3.05, 3.63) is 23.8 Å². The number of benzene rings is 1. The van der Waals surface area contributed by atoms with Gasteiger partial charge in [-0.25, -0.2) is 0 Å². The van der Waals surface area contributed by atoms with E-state index in [0.29, 0.717) is 24.2 Å². The van der Waals surface area contributed by atoms with Crippen LogP contribution in [0.3, 0.4) is 0 Å².